The van der Waals surface area contributed by atoms with Crippen molar-refractivity contribution in [2.75, 3.05) is 6.54 Å². The third-order valence-electron chi connectivity index (χ3n) is 3.83. The maximum Gasteiger partial charge on any atom is 0.251 e. The van der Waals surface area contributed by atoms with E-state index >= 15 is 0 Å². The van der Waals surface area contributed by atoms with Gasteiger partial charge in [0.05, 0.1) is 6.54 Å². The zero-order valence-corrected chi connectivity index (χ0v) is 13.5. The van der Waals surface area contributed by atoms with E-state index in [1.807, 2.05) is 12.1 Å². The average molecular weight is 326 g/mol. The van der Waals surface area contributed by atoms with Gasteiger partial charge in [-0.15, -0.1) is 12.4 Å². The van der Waals surface area contributed by atoms with Crippen LogP contribution in [0.25, 0.3) is 0 Å². The summed E-state index contributed by atoms with van der Waals surface area (Å²) in [6, 6.07) is 7.34. The Bertz CT molecular complexity index is 485. The molecule has 2 rings (SSSR count). The van der Waals surface area contributed by atoms with Gasteiger partial charge in [-0.25, -0.2) is 0 Å². The third kappa shape index (κ3) is 5.66. The van der Waals surface area contributed by atoms with E-state index in [1.165, 1.54) is 19.3 Å². The first-order valence-electron chi connectivity index (χ1n) is 7.55. The molecule has 2 amide bonds. The van der Waals surface area contributed by atoms with Gasteiger partial charge >= 0.3 is 0 Å². The number of rotatable bonds is 5. The number of carbonyl (C=O) groups is 2. The Hall–Kier alpha value is -1.59. The summed E-state index contributed by atoms with van der Waals surface area (Å²) in [6.07, 6.45) is 5.68. The molecule has 0 unspecified atom stereocenters. The van der Waals surface area contributed by atoms with E-state index < -0.39 is 0 Å². The first kappa shape index (κ1) is 18.5. The summed E-state index contributed by atoms with van der Waals surface area (Å²) >= 11 is 0. The molecule has 0 radical (unpaired) electrons. The van der Waals surface area contributed by atoms with E-state index in [-0.39, 0.29) is 36.8 Å². The van der Waals surface area contributed by atoms with Crippen LogP contribution in [-0.2, 0) is 11.3 Å². The average Bonchev–Trinajstić information content (AvgIpc) is 2.53. The molecule has 1 aliphatic carbocycles. The van der Waals surface area contributed by atoms with Crippen LogP contribution in [0.2, 0.25) is 0 Å². The fourth-order valence-electron chi connectivity index (χ4n) is 2.58. The van der Waals surface area contributed by atoms with Crippen molar-refractivity contribution in [1.29, 1.82) is 0 Å². The Morgan fingerprint density at radius 3 is 2.32 bits per heavy atom. The Labute approximate surface area is 137 Å². The van der Waals surface area contributed by atoms with Crippen molar-refractivity contribution in [1.82, 2.24) is 10.6 Å². The lowest BCUT2D eigenvalue weighted by Gasteiger charge is -2.22. The van der Waals surface area contributed by atoms with Crippen LogP contribution in [0.15, 0.2) is 24.3 Å². The van der Waals surface area contributed by atoms with Crippen molar-refractivity contribution in [3.8, 4) is 0 Å². The molecule has 0 atom stereocenters. The van der Waals surface area contributed by atoms with Crippen LogP contribution in [0.5, 0.6) is 0 Å². The lowest BCUT2D eigenvalue weighted by molar-refractivity contribution is -0.121. The summed E-state index contributed by atoms with van der Waals surface area (Å²) in [5, 5.41) is 5.62. The molecule has 0 spiro atoms. The summed E-state index contributed by atoms with van der Waals surface area (Å²) in [7, 11) is 0. The van der Waals surface area contributed by atoms with Gasteiger partial charge in [0.1, 0.15) is 0 Å². The molecule has 4 N–H and O–H groups in total. The van der Waals surface area contributed by atoms with Crippen LogP contribution < -0.4 is 16.4 Å². The molecule has 1 saturated carbocycles. The molecule has 0 saturated heterocycles. The van der Waals surface area contributed by atoms with E-state index in [9.17, 15) is 9.59 Å². The molecular weight excluding hydrogens is 302 g/mol. The van der Waals surface area contributed by atoms with Gasteiger partial charge in [0.15, 0.2) is 0 Å². The van der Waals surface area contributed by atoms with E-state index in [2.05, 4.69) is 10.6 Å². The summed E-state index contributed by atoms with van der Waals surface area (Å²) in [5.74, 6) is -0.355. The highest BCUT2D eigenvalue weighted by molar-refractivity contribution is 5.96. The quantitative estimate of drug-likeness (QED) is 0.771. The molecule has 0 bridgehead atoms. The van der Waals surface area contributed by atoms with Crippen LogP contribution in [0.4, 0.5) is 0 Å². The number of amides is 2. The van der Waals surface area contributed by atoms with Crippen LogP contribution in [0.3, 0.4) is 0 Å². The zero-order valence-electron chi connectivity index (χ0n) is 12.6. The summed E-state index contributed by atoms with van der Waals surface area (Å²) in [5.41, 5.74) is 7.02. The molecule has 22 heavy (non-hydrogen) atoms. The number of benzene rings is 1. The number of hydrogen-bond donors (Lipinski definition) is 3. The van der Waals surface area contributed by atoms with Gasteiger partial charge in [-0.1, -0.05) is 31.4 Å². The predicted molar refractivity (Wildman–Crippen MR) is 88.9 cm³/mol. The first-order chi connectivity index (χ1) is 10.2. The second-order valence-corrected chi connectivity index (χ2v) is 5.49. The fourth-order valence-corrected chi connectivity index (χ4v) is 2.58. The summed E-state index contributed by atoms with van der Waals surface area (Å²) in [4.78, 5) is 23.7. The molecule has 5 nitrogen and oxygen atoms in total. The topological polar surface area (TPSA) is 84.2 Å². The van der Waals surface area contributed by atoms with Crippen molar-refractivity contribution in [2.24, 2.45) is 5.73 Å². The second-order valence-electron chi connectivity index (χ2n) is 5.49. The summed E-state index contributed by atoms with van der Waals surface area (Å²) in [6.45, 7) is 0.472. The van der Waals surface area contributed by atoms with Gasteiger partial charge in [-0.2, -0.15) is 0 Å². The third-order valence-corrected chi connectivity index (χ3v) is 3.83. The van der Waals surface area contributed by atoms with Gasteiger partial charge in [-0.05, 0) is 30.5 Å². The molecule has 1 fully saturated rings. The molecule has 6 heteroatoms. The van der Waals surface area contributed by atoms with Gasteiger partial charge < -0.3 is 16.4 Å². The lowest BCUT2D eigenvalue weighted by atomic mass is 9.95. The van der Waals surface area contributed by atoms with Gasteiger partial charge in [0, 0.05) is 18.2 Å². The highest BCUT2D eigenvalue weighted by Crippen LogP contribution is 2.17. The number of halogens is 1. The Balaban J connectivity index is 0.00000242. The lowest BCUT2D eigenvalue weighted by Crippen LogP contribution is -2.42. The maximum absolute atomic E-state index is 11.9. The number of carbonyl (C=O) groups excluding carboxylic acids is 2. The van der Waals surface area contributed by atoms with E-state index in [1.54, 1.807) is 12.1 Å². The highest BCUT2D eigenvalue weighted by Gasteiger charge is 2.16. The van der Waals surface area contributed by atoms with Crippen LogP contribution >= 0.6 is 12.4 Å². The minimum atomic E-state index is -0.239. The largest absolute Gasteiger partial charge is 0.352 e. The van der Waals surface area contributed by atoms with Crippen LogP contribution in [-0.4, -0.2) is 24.4 Å². The van der Waals surface area contributed by atoms with Crippen molar-refractivity contribution in [2.45, 2.75) is 44.7 Å². The molecule has 0 aromatic heterocycles. The van der Waals surface area contributed by atoms with E-state index in [0.717, 1.165) is 18.4 Å². The standard InChI is InChI=1S/C16H23N3O2.ClH/c17-10-12-6-8-13(9-7-12)16(21)18-11-15(20)19-14-4-2-1-3-5-14;/h6-9,14H,1-5,10-11,17H2,(H,18,21)(H,19,20);1H. The van der Waals surface area contributed by atoms with Gasteiger partial charge in [-0.3, -0.25) is 9.59 Å². The Morgan fingerprint density at radius 1 is 1.09 bits per heavy atom. The smallest absolute Gasteiger partial charge is 0.251 e. The minimum Gasteiger partial charge on any atom is -0.352 e. The van der Waals surface area contributed by atoms with E-state index in [0.29, 0.717) is 12.1 Å². The van der Waals surface area contributed by atoms with Crippen LogP contribution in [0.1, 0.15) is 48.0 Å². The monoisotopic (exact) mass is 325 g/mol. The Kier molecular flexibility index (Phi) is 7.91. The minimum absolute atomic E-state index is 0. The molecule has 0 aliphatic heterocycles. The van der Waals surface area contributed by atoms with Crippen molar-refractivity contribution in [3.05, 3.63) is 35.4 Å². The normalized spacial score (nSPS) is 14.8. The predicted octanol–water partition coefficient (Wildman–Crippen LogP) is 1.75. The van der Waals surface area contributed by atoms with Crippen molar-refractivity contribution in [3.63, 3.8) is 0 Å². The first-order valence-corrected chi connectivity index (χ1v) is 7.55. The van der Waals surface area contributed by atoms with Crippen molar-refractivity contribution < 1.29 is 9.59 Å². The zero-order chi connectivity index (χ0) is 15.1. The number of nitrogens with one attached hydrogen (secondary N) is 2. The van der Waals surface area contributed by atoms with Gasteiger partial charge in [0.25, 0.3) is 5.91 Å². The Morgan fingerprint density at radius 2 is 1.73 bits per heavy atom. The molecule has 1 aromatic carbocycles. The number of nitrogens with two attached hydrogens (primary N) is 1. The fraction of sp³-hybridized carbons (Fsp3) is 0.500. The van der Waals surface area contributed by atoms with Gasteiger partial charge in [0.2, 0.25) is 5.91 Å². The molecule has 0 heterocycles. The van der Waals surface area contributed by atoms with Crippen molar-refractivity contribution >= 4 is 24.2 Å². The maximum atomic E-state index is 11.9. The highest BCUT2D eigenvalue weighted by atomic mass is 35.5. The molecular formula is C16H24ClN3O2. The second kappa shape index (κ2) is 9.43. The SMILES string of the molecule is Cl.NCc1ccc(C(=O)NCC(=O)NC2CCCCC2)cc1. The number of hydrogen-bond acceptors (Lipinski definition) is 3. The van der Waals surface area contributed by atoms with Crippen LogP contribution in [0, 0.1) is 0 Å². The molecule has 1 aliphatic rings. The molecule has 1 aromatic rings. The van der Waals surface area contributed by atoms with E-state index in [4.69, 9.17) is 5.73 Å². The summed E-state index contributed by atoms with van der Waals surface area (Å²) < 4.78 is 0. The molecule has 122 valence electrons.